The van der Waals surface area contributed by atoms with E-state index >= 15 is 0 Å². The number of H-pyrrole nitrogens is 1. The number of para-hydroxylation sites is 1. The summed E-state index contributed by atoms with van der Waals surface area (Å²) in [7, 11) is 3.15. The van der Waals surface area contributed by atoms with E-state index in [9.17, 15) is 14.4 Å². The molecule has 0 spiro atoms. The van der Waals surface area contributed by atoms with Gasteiger partial charge in [-0.2, -0.15) is 0 Å². The summed E-state index contributed by atoms with van der Waals surface area (Å²) in [6, 6.07) is 14.6. The number of hydrogen-bond acceptors (Lipinski definition) is 6. The minimum Gasteiger partial charge on any atom is -0.496 e. The fraction of sp³-hybridized carbons (Fsp3) is 0.240. The van der Waals surface area contributed by atoms with Crippen LogP contribution in [0.2, 0.25) is 0 Å². The number of carbonyl (C=O) groups is 1. The van der Waals surface area contributed by atoms with Crippen molar-refractivity contribution in [3.8, 4) is 5.75 Å². The molecule has 1 atom stereocenters. The molecule has 0 unspecified atom stereocenters. The van der Waals surface area contributed by atoms with E-state index in [0.717, 1.165) is 5.56 Å². The number of hydrogen-bond donors (Lipinski definition) is 2. The summed E-state index contributed by atoms with van der Waals surface area (Å²) < 4.78 is 12.2. The van der Waals surface area contributed by atoms with Gasteiger partial charge in [0.05, 0.1) is 24.3 Å². The van der Waals surface area contributed by atoms with Crippen LogP contribution >= 0.6 is 0 Å². The number of benzene rings is 2. The third kappa shape index (κ3) is 3.22. The number of fused-ring (bicyclic) bond motifs is 3. The summed E-state index contributed by atoms with van der Waals surface area (Å²) >= 11 is 0. The third-order valence-corrected chi connectivity index (χ3v) is 6.19. The molecule has 8 heteroatoms. The van der Waals surface area contributed by atoms with Gasteiger partial charge in [0.2, 0.25) is 0 Å². The van der Waals surface area contributed by atoms with Gasteiger partial charge in [-0.25, -0.2) is 4.79 Å². The largest absolute Gasteiger partial charge is 0.496 e. The molecule has 5 rings (SSSR count). The first-order chi connectivity index (χ1) is 16.1. The second kappa shape index (κ2) is 8.22. The standard InChI is InChI=1S/C25H23N3O5/c1-32-13-7-12-28-23-20(24(30)27-25(28)31)18(16-10-5-6-11-17(16)33-2)19-21(26-23)14-8-3-4-9-15(14)22(19)29/h3-6,8-11,18,26H,7,12-13H2,1-2H3,(H,27,30,31)/t18-/m0/s1. The maximum absolute atomic E-state index is 13.6. The van der Waals surface area contributed by atoms with Crippen LogP contribution in [0.15, 0.2) is 63.7 Å². The molecule has 33 heavy (non-hydrogen) atoms. The predicted molar refractivity (Wildman–Crippen MR) is 124 cm³/mol. The van der Waals surface area contributed by atoms with Crippen molar-refractivity contribution >= 4 is 17.3 Å². The highest BCUT2D eigenvalue weighted by molar-refractivity contribution is 6.23. The highest BCUT2D eigenvalue weighted by Crippen LogP contribution is 2.49. The van der Waals surface area contributed by atoms with E-state index in [4.69, 9.17) is 9.47 Å². The number of nitrogens with zero attached hydrogens (tertiary/aromatic N) is 1. The van der Waals surface area contributed by atoms with Gasteiger partial charge in [-0.3, -0.25) is 19.1 Å². The van der Waals surface area contributed by atoms with Crippen LogP contribution in [-0.2, 0) is 11.3 Å². The Morgan fingerprint density at radius 1 is 0.970 bits per heavy atom. The summed E-state index contributed by atoms with van der Waals surface area (Å²) in [5.74, 6) is 0.0954. The molecule has 3 aromatic rings. The Kier molecular flexibility index (Phi) is 5.22. The topological polar surface area (TPSA) is 102 Å². The minimum absolute atomic E-state index is 0.147. The molecule has 2 N–H and O–H groups in total. The molecule has 2 heterocycles. The Balaban J connectivity index is 1.81. The quantitative estimate of drug-likeness (QED) is 0.566. The molecule has 0 fully saturated rings. The van der Waals surface area contributed by atoms with E-state index in [1.165, 1.54) is 4.57 Å². The van der Waals surface area contributed by atoms with Crippen LogP contribution in [-0.4, -0.2) is 36.2 Å². The van der Waals surface area contributed by atoms with Gasteiger partial charge in [0, 0.05) is 42.5 Å². The monoisotopic (exact) mass is 445 g/mol. The number of allylic oxidation sites excluding steroid dienone is 1. The number of nitrogens with one attached hydrogen (secondary N) is 2. The first-order valence-corrected chi connectivity index (χ1v) is 10.7. The van der Waals surface area contributed by atoms with Gasteiger partial charge in [-0.1, -0.05) is 42.5 Å². The van der Waals surface area contributed by atoms with Gasteiger partial charge in [0.1, 0.15) is 11.6 Å². The summed E-state index contributed by atoms with van der Waals surface area (Å²) in [4.78, 5) is 42.0. The number of Topliss-reactive ketones (excluding diaryl/α,β-unsaturated/α-hetero) is 1. The Morgan fingerprint density at radius 3 is 2.45 bits per heavy atom. The zero-order valence-electron chi connectivity index (χ0n) is 18.3. The first kappa shape index (κ1) is 21.0. The van der Waals surface area contributed by atoms with E-state index in [1.54, 1.807) is 26.4 Å². The second-order valence-corrected chi connectivity index (χ2v) is 7.98. The van der Waals surface area contributed by atoms with Crippen molar-refractivity contribution in [1.29, 1.82) is 0 Å². The molecule has 2 aromatic carbocycles. The van der Waals surface area contributed by atoms with Crippen LogP contribution in [0.4, 0.5) is 5.82 Å². The van der Waals surface area contributed by atoms with Gasteiger partial charge in [-0.05, 0) is 12.5 Å². The lowest BCUT2D eigenvalue weighted by atomic mass is 9.81. The number of ether oxygens (including phenoxy) is 2. The Bertz CT molecular complexity index is 1420. The van der Waals surface area contributed by atoms with E-state index in [0.29, 0.717) is 59.1 Å². The van der Waals surface area contributed by atoms with Crippen molar-refractivity contribution < 1.29 is 14.3 Å². The molecule has 0 saturated carbocycles. The average molecular weight is 445 g/mol. The molecule has 1 aliphatic heterocycles. The molecular formula is C25H23N3O5. The lowest BCUT2D eigenvalue weighted by Gasteiger charge is -2.30. The fourth-order valence-electron chi connectivity index (χ4n) is 4.76. The summed E-state index contributed by atoms with van der Waals surface area (Å²) in [6.07, 6.45) is 0.581. The molecule has 168 valence electrons. The lowest BCUT2D eigenvalue weighted by molar-refractivity contribution is 0.103. The second-order valence-electron chi connectivity index (χ2n) is 7.98. The van der Waals surface area contributed by atoms with E-state index in [2.05, 4.69) is 10.3 Å². The van der Waals surface area contributed by atoms with Crippen molar-refractivity contribution in [2.75, 3.05) is 26.1 Å². The van der Waals surface area contributed by atoms with Crippen molar-refractivity contribution in [3.05, 3.63) is 97.2 Å². The zero-order chi connectivity index (χ0) is 23.1. The predicted octanol–water partition coefficient (Wildman–Crippen LogP) is 2.75. The number of aromatic nitrogens is 2. The van der Waals surface area contributed by atoms with Gasteiger partial charge in [0.15, 0.2) is 5.78 Å². The maximum Gasteiger partial charge on any atom is 0.329 e. The lowest BCUT2D eigenvalue weighted by Crippen LogP contribution is -2.38. The average Bonchev–Trinajstić information content (AvgIpc) is 3.12. The molecule has 0 radical (unpaired) electrons. The van der Waals surface area contributed by atoms with Crippen molar-refractivity contribution in [2.24, 2.45) is 0 Å². The van der Waals surface area contributed by atoms with Crippen LogP contribution in [0.3, 0.4) is 0 Å². The fourth-order valence-corrected chi connectivity index (χ4v) is 4.76. The number of carbonyl (C=O) groups excluding carboxylic acids is 1. The van der Waals surface area contributed by atoms with E-state index in [1.807, 2.05) is 36.4 Å². The number of anilines is 1. The van der Waals surface area contributed by atoms with Gasteiger partial charge in [0.25, 0.3) is 5.56 Å². The smallest absolute Gasteiger partial charge is 0.329 e. The highest BCUT2D eigenvalue weighted by atomic mass is 16.5. The Hall–Kier alpha value is -3.91. The van der Waals surface area contributed by atoms with Gasteiger partial charge < -0.3 is 14.8 Å². The minimum atomic E-state index is -0.703. The molecular weight excluding hydrogens is 422 g/mol. The van der Waals surface area contributed by atoms with Gasteiger partial charge in [-0.15, -0.1) is 0 Å². The van der Waals surface area contributed by atoms with Crippen molar-refractivity contribution in [1.82, 2.24) is 9.55 Å². The highest BCUT2D eigenvalue weighted by Gasteiger charge is 2.43. The number of ketones is 1. The maximum atomic E-state index is 13.6. The molecule has 0 saturated heterocycles. The molecule has 8 nitrogen and oxygen atoms in total. The van der Waals surface area contributed by atoms with Crippen LogP contribution < -0.4 is 21.3 Å². The summed E-state index contributed by atoms with van der Waals surface area (Å²) in [5, 5.41) is 3.28. The molecule has 2 aliphatic rings. The first-order valence-electron chi connectivity index (χ1n) is 10.7. The van der Waals surface area contributed by atoms with Crippen molar-refractivity contribution in [2.45, 2.75) is 18.9 Å². The zero-order valence-corrected chi connectivity index (χ0v) is 18.3. The Morgan fingerprint density at radius 2 is 1.70 bits per heavy atom. The summed E-state index contributed by atoms with van der Waals surface area (Å²) in [5.41, 5.74) is 2.36. The molecule has 0 amide bonds. The van der Waals surface area contributed by atoms with Crippen LogP contribution in [0.1, 0.15) is 39.4 Å². The third-order valence-electron chi connectivity index (χ3n) is 6.19. The number of rotatable bonds is 6. The number of methoxy groups -OCH3 is 2. The van der Waals surface area contributed by atoms with E-state index < -0.39 is 17.2 Å². The van der Waals surface area contributed by atoms with Crippen molar-refractivity contribution in [3.63, 3.8) is 0 Å². The molecule has 0 bridgehead atoms. The Labute approximate surface area is 189 Å². The van der Waals surface area contributed by atoms with Crippen LogP contribution in [0.25, 0.3) is 5.70 Å². The molecule has 1 aromatic heterocycles. The number of aromatic amines is 1. The SMILES string of the molecule is COCCCn1c2c(c(=O)[nH]c1=O)[C@@H](c1ccccc1OC)C1=C(N2)c2ccccc2C1=O. The summed E-state index contributed by atoms with van der Waals surface area (Å²) in [6.45, 7) is 0.807. The van der Waals surface area contributed by atoms with Crippen LogP contribution in [0.5, 0.6) is 5.75 Å². The molecule has 1 aliphatic carbocycles. The van der Waals surface area contributed by atoms with Gasteiger partial charge >= 0.3 is 5.69 Å². The normalized spacial score (nSPS) is 16.2. The van der Waals surface area contributed by atoms with E-state index in [-0.39, 0.29) is 5.78 Å². The van der Waals surface area contributed by atoms with Crippen LogP contribution in [0, 0.1) is 0 Å².